The van der Waals surface area contributed by atoms with Crippen LogP contribution in [-0.4, -0.2) is 20.2 Å². The molecule has 1 aliphatic carbocycles. The van der Waals surface area contributed by atoms with Crippen molar-refractivity contribution in [2.24, 2.45) is 0 Å². The second kappa shape index (κ2) is 6.54. The molecule has 0 radical (unpaired) electrons. The summed E-state index contributed by atoms with van der Waals surface area (Å²) in [5.41, 5.74) is 2.78. The smallest absolute Gasteiger partial charge is 0.229 e. The maximum absolute atomic E-state index is 6.19. The van der Waals surface area contributed by atoms with Crippen molar-refractivity contribution in [2.75, 3.05) is 10.6 Å². The lowest BCUT2D eigenvalue weighted by molar-refractivity contribution is 0.966. The van der Waals surface area contributed by atoms with E-state index in [1.54, 1.807) is 24.4 Å². The minimum Gasteiger partial charge on any atom is -0.323 e. The van der Waals surface area contributed by atoms with Crippen LogP contribution in [0, 0.1) is 6.92 Å². The number of benzene rings is 1. The molecule has 0 bridgehead atoms. The molecule has 3 N–H and O–H groups in total. The zero-order chi connectivity index (χ0) is 17.4. The van der Waals surface area contributed by atoms with Crippen LogP contribution < -0.4 is 10.6 Å². The number of hydrogen-bond acceptors (Lipinski definition) is 5. The second-order valence-corrected chi connectivity index (χ2v) is 6.93. The third-order valence-electron chi connectivity index (χ3n) is 4.01. The molecular formula is C17H16Cl2N6. The van der Waals surface area contributed by atoms with Gasteiger partial charge in [0.05, 0.1) is 10.7 Å². The molecule has 0 saturated heterocycles. The molecule has 1 saturated carbocycles. The highest BCUT2D eigenvalue weighted by atomic mass is 35.5. The number of nitrogens with zero attached hydrogens (tertiary/aromatic N) is 3. The number of aromatic nitrogens is 4. The van der Waals surface area contributed by atoms with E-state index >= 15 is 0 Å². The first-order chi connectivity index (χ1) is 12.1. The van der Waals surface area contributed by atoms with Gasteiger partial charge in [-0.1, -0.05) is 23.2 Å². The van der Waals surface area contributed by atoms with Crippen LogP contribution >= 0.6 is 23.2 Å². The predicted molar refractivity (Wildman–Crippen MR) is 100 cm³/mol. The number of H-pyrrole nitrogens is 1. The quantitative estimate of drug-likeness (QED) is 0.573. The van der Waals surface area contributed by atoms with Gasteiger partial charge in [-0.3, -0.25) is 5.10 Å². The topological polar surface area (TPSA) is 78.5 Å². The van der Waals surface area contributed by atoms with Gasteiger partial charge in [-0.15, -0.1) is 0 Å². The van der Waals surface area contributed by atoms with Crippen LogP contribution in [0.1, 0.15) is 30.0 Å². The summed E-state index contributed by atoms with van der Waals surface area (Å²) in [6, 6.07) is 7.24. The van der Waals surface area contributed by atoms with Gasteiger partial charge in [0.2, 0.25) is 5.95 Å². The lowest BCUT2D eigenvalue weighted by Gasteiger charge is -2.10. The summed E-state index contributed by atoms with van der Waals surface area (Å²) in [4.78, 5) is 8.82. The first-order valence-corrected chi connectivity index (χ1v) is 8.72. The Morgan fingerprint density at radius 2 is 2.00 bits per heavy atom. The van der Waals surface area contributed by atoms with Gasteiger partial charge < -0.3 is 10.6 Å². The lowest BCUT2D eigenvalue weighted by atomic mass is 10.3. The summed E-state index contributed by atoms with van der Waals surface area (Å²) in [5.74, 6) is 2.50. The van der Waals surface area contributed by atoms with Gasteiger partial charge in [0.1, 0.15) is 5.82 Å². The molecule has 128 valence electrons. The van der Waals surface area contributed by atoms with Crippen LogP contribution in [0.3, 0.4) is 0 Å². The van der Waals surface area contributed by atoms with E-state index in [1.165, 1.54) is 18.5 Å². The zero-order valence-electron chi connectivity index (χ0n) is 13.5. The molecule has 0 aliphatic heterocycles. The van der Waals surface area contributed by atoms with Gasteiger partial charge >= 0.3 is 0 Å². The molecule has 2 aromatic heterocycles. The second-order valence-electron chi connectivity index (χ2n) is 6.08. The molecule has 1 aliphatic rings. The van der Waals surface area contributed by atoms with Crippen molar-refractivity contribution < 1.29 is 0 Å². The lowest BCUT2D eigenvalue weighted by Crippen LogP contribution is -2.03. The van der Waals surface area contributed by atoms with E-state index < -0.39 is 0 Å². The average Bonchev–Trinajstić information content (AvgIpc) is 3.33. The van der Waals surface area contributed by atoms with Crippen molar-refractivity contribution in [3.05, 3.63) is 51.8 Å². The largest absolute Gasteiger partial charge is 0.323 e. The molecule has 1 fully saturated rings. The predicted octanol–water partition coefficient (Wildman–Crippen LogP) is 5.18. The van der Waals surface area contributed by atoms with E-state index in [9.17, 15) is 0 Å². The van der Waals surface area contributed by atoms with Crippen molar-refractivity contribution in [3.8, 4) is 0 Å². The van der Waals surface area contributed by atoms with Gasteiger partial charge in [0.15, 0.2) is 5.82 Å². The minimum atomic E-state index is 0.440. The van der Waals surface area contributed by atoms with Crippen LogP contribution in [0.4, 0.5) is 23.3 Å². The zero-order valence-corrected chi connectivity index (χ0v) is 15.0. The molecule has 0 atom stereocenters. The highest BCUT2D eigenvalue weighted by Crippen LogP contribution is 2.39. The van der Waals surface area contributed by atoms with Crippen molar-refractivity contribution in [3.63, 3.8) is 0 Å². The third-order valence-corrected chi connectivity index (χ3v) is 4.56. The van der Waals surface area contributed by atoms with E-state index in [1.807, 2.05) is 13.0 Å². The standard InChI is InChI=1S/C17H16Cl2N6/c1-9-8-20-17(21-13-5-4-11(18)6-12(13)19)23-16(9)22-15-7-14(24-25-15)10-2-3-10/h4-8,10H,2-3H2,1H3,(H3,20,21,22,23,24,25). The summed E-state index contributed by atoms with van der Waals surface area (Å²) in [5, 5.41) is 14.8. The number of aromatic amines is 1. The van der Waals surface area contributed by atoms with Crippen molar-refractivity contribution >= 4 is 46.5 Å². The highest BCUT2D eigenvalue weighted by Gasteiger charge is 2.25. The fraction of sp³-hybridized carbons (Fsp3) is 0.235. The Bertz CT molecular complexity index is 919. The Labute approximate surface area is 155 Å². The molecule has 0 spiro atoms. The number of aryl methyl sites for hydroxylation is 1. The molecule has 25 heavy (non-hydrogen) atoms. The number of rotatable bonds is 5. The van der Waals surface area contributed by atoms with E-state index in [-0.39, 0.29) is 0 Å². The molecular weight excluding hydrogens is 359 g/mol. The Hall–Kier alpha value is -2.31. The molecule has 8 heteroatoms. The third kappa shape index (κ3) is 3.70. The molecule has 4 rings (SSSR count). The van der Waals surface area contributed by atoms with E-state index in [0.29, 0.717) is 33.4 Å². The maximum Gasteiger partial charge on any atom is 0.229 e. The molecule has 0 amide bonds. The Morgan fingerprint density at radius 3 is 2.76 bits per heavy atom. The summed E-state index contributed by atoms with van der Waals surface area (Å²) in [6.07, 6.45) is 4.20. The van der Waals surface area contributed by atoms with Crippen LogP contribution in [0.5, 0.6) is 0 Å². The normalized spacial score (nSPS) is 13.7. The molecule has 0 unspecified atom stereocenters. The fourth-order valence-corrected chi connectivity index (χ4v) is 2.92. The summed E-state index contributed by atoms with van der Waals surface area (Å²) >= 11 is 12.1. The monoisotopic (exact) mass is 374 g/mol. The SMILES string of the molecule is Cc1cnc(Nc2ccc(Cl)cc2Cl)nc1Nc1cc(C2CC2)[nH]n1. The Kier molecular flexibility index (Phi) is 4.23. The Balaban J connectivity index is 1.55. The van der Waals surface area contributed by atoms with Crippen LogP contribution in [0.2, 0.25) is 10.0 Å². The van der Waals surface area contributed by atoms with Crippen LogP contribution in [0.15, 0.2) is 30.5 Å². The summed E-state index contributed by atoms with van der Waals surface area (Å²) < 4.78 is 0. The first-order valence-electron chi connectivity index (χ1n) is 7.96. The van der Waals surface area contributed by atoms with Crippen molar-refractivity contribution in [1.82, 2.24) is 20.2 Å². The summed E-state index contributed by atoms with van der Waals surface area (Å²) in [7, 11) is 0. The number of nitrogens with one attached hydrogen (secondary N) is 3. The van der Waals surface area contributed by atoms with Crippen molar-refractivity contribution in [1.29, 1.82) is 0 Å². The molecule has 2 heterocycles. The number of hydrogen-bond donors (Lipinski definition) is 3. The highest BCUT2D eigenvalue weighted by molar-refractivity contribution is 6.36. The first kappa shape index (κ1) is 16.2. The molecule has 3 aromatic rings. The van der Waals surface area contributed by atoms with Gasteiger partial charge in [-0.25, -0.2) is 4.98 Å². The fourth-order valence-electron chi connectivity index (χ4n) is 2.47. The van der Waals surface area contributed by atoms with E-state index in [2.05, 4.69) is 30.8 Å². The Morgan fingerprint density at radius 1 is 1.16 bits per heavy atom. The number of anilines is 4. The average molecular weight is 375 g/mol. The van der Waals surface area contributed by atoms with Gasteiger partial charge in [-0.2, -0.15) is 10.1 Å². The van der Waals surface area contributed by atoms with Crippen LogP contribution in [-0.2, 0) is 0 Å². The molecule has 6 nitrogen and oxygen atoms in total. The molecule has 1 aromatic carbocycles. The van der Waals surface area contributed by atoms with E-state index in [0.717, 1.165) is 11.4 Å². The van der Waals surface area contributed by atoms with Crippen LogP contribution in [0.25, 0.3) is 0 Å². The van der Waals surface area contributed by atoms with Gasteiger partial charge in [0, 0.05) is 34.5 Å². The maximum atomic E-state index is 6.19. The van der Waals surface area contributed by atoms with Gasteiger partial charge in [-0.05, 0) is 38.0 Å². The number of halogens is 2. The van der Waals surface area contributed by atoms with Crippen molar-refractivity contribution in [2.45, 2.75) is 25.7 Å². The summed E-state index contributed by atoms with van der Waals surface area (Å²) in [6.45, 7) is 1.94. The van der Waals surface area contributed by atoms with Gasteiger partial charge in [0.25, 0.3) is 0 Å². The van der Waals surface area contributed by atoms with E-state index in [4.69, 9.17) is 23.2 Å². The minimum absolute atomic E-state index is 0.440.